The van der Waals surface area contributed by atoms with E-state index >= 15 is 0 Å². The second-order valence-corrected chi connectivity index (χ2v) is 6.61. The molecule has 0 saturated heterocycles. The molecule has 0 bridgehead atoms. The van der Waals surface area contributed by atoms with Crippen LogP contribution in [0.3, 0.4) is 0 Å². The highest BCUT2D eigenvalue weighted by atomic mass is 16.3. The summed E-state index contributed by atoms with van der Waals surface area (Å²) in [6, 6.07) is 7.99. The van der Waals surface area contributed by atoms with Crippen LogP contribution in [-0.4, -0.2) is 34.7 Å². The van der Waals surface area contributed by atoms with Crippen LogP contribution in [0, 0.1) is 6.92 Å². The third-order valence-corrected chi connectivity index (χ3v) is 4.51. The molecule has 134 valence electrons. The molecule has 1 atom stereocenters. The number of aliphatic hydroxyl groups excluding tert-OH is 1. The average Bonchev–Trinajstić information content (AvgIpc) is 3.11. The molecule has 0 fully saturated rings. The fourth-order valence-electron chi connectivity index (χ4n) is 3.20. The molecular formula is C18H19N5O3. The number of benzene rings is 1. The Morgan fingerprint density at radius 2 is 1.92 bits per heavy atom. The van der Waals surface area contributed by atoms with Crippen molar-refractivity contribution in [1.29, 1.82) is 0 Å². The van der Waals surface area contributed by atoms with Crippen LogP contribution in [0.25, 0.3) is 28.2 Å². The van der Waals surface area contributed by atoms with Crippen molar-refractivity contribution in [3.63, 3.8) is 0 Å². The lowest BCUT2D eigenvalue weighted by molar-refractivity contribution is 0.175. The summed E-state index contributed by atoms with van der Waals surface area (Å²) in [4.78, 5) is 31.0. The van der Waals surface area contributed by atoms with Gasteiger partial charge in [0.25, 0.3) is 5.56 Å². The molecule has 0 saturated carbocycles. The fraction of sp³-hybridized carbons (Fsp3) is 0.278. The number of hydrogen-bond donors (Lipinski definition) is 2. The minimum atomic E-state index is -0.600. The van der Waals surface area contributed by atoms with Gasteiger partial charge in [-0.3, -0.25) is 18.7 Å². The molecule has 0 unspecified atom stereocenters. The molecule has 3 heterocycles. The quantitative estimate of drug-likeness (QED) is 0.575. The first-order valence-corrected chi connectivity index (χ1v) is 8.32. The van der Waals surface area contributed by atoms with Gasteiger partial charge >= 0.3 is 5.69 Å². The number of nitrogens with one attached hydrogen (secondary N) is 1. The van der Waals surface area contributed by atoms with E-state index in [0.29, 0.717) is 23.5 Å². The molecule has 4 rings (SSSR count). The van der Waals surface area contributed by atoms with Crippen LogP contribution in [0.2, 0.25) is 0 Å². The molecule has 26 heavy (non-hydrogen) atoms. The maximum Gasteiger partial charge on any atom is 0.329 e. The topological polar surface area (TPSA) is 97.3 Å². The summed E-state index contributed by atoms with van der Waals surface area (Å²) in [5.74, 6) is 0.503. The van der Waals surface area contributed by atoms with Crippen LogP contribution in [-0.2, 0) is 13.6 Å². The number of fused-ring (bicyclic) bond motifs is 3. The van der Waals surface area contributed by atoms with E-state index in [-0.39, 0.29) is 0 Å². The van der Waals surface area contributed by atoms with Crippen molar-refractivity contribution >= 4 is 16.9 Å². The zero-order chi connectivity index (χ0) is 18.6. The Balaban J connectivity index is 2.10. The maximum absolute atomic E-state index is 12.4. The molecule has 0 amide bonds. The molecule has 3 aromatic heterocycles. The number of H-pyrrole nitrogens is 1. The number of rotatable bonds is 3. The van der Waals surface area contributed by atoms with E-state index in [0.717, 1.165) is 16.8 Å². The third-order valence-electron chi connectivity index (χ3n) is 4.51. The minimum Gasteiger partial charge on any atom is -0.392 e. The standard InChI is InChI=1S/C18H19N5O3/c1-10-4-6-12(7-5-10)13-9-23-14-15(21(3)18(26)20-16(14)25)19-17(23)22(13)8-11(2)24/h4-7,9,11,24H,8H2,1-3H3,(H,20,25,26)/t11-/m1/s1. The van der Waals surface area contributed by atoms with Gasteiger partial charge in [0.05, 0.1) is 18.3 Å². The smallest absolute Gasteiger partial charge is 0.329 e. The second kappa shape index (κ2) is 5.70. The predicted octanol–water partition coefficient (Wildman–Crippen LogP) is 1.03. The van der Waals surface area contributed by atoms with Crippen LogP contribution in [0.5, 0.6) is 0 Å². The number of aliphatic hydroxyl groups is 1. The number of aromatic nitrogens is 5. The Bertz CT molecular complexity index is 1240. The van der Waals surface area contributed by atoms with E-state index in [2.05, 4.69) is 9.97 Å². The zero-order valence-corrected chi connectivity index (χ0v) is 14.7. The van der Waals surface area contributed by atoms with Gasteiger partial charge in [-0.25, -0.2) is 4.79 Å². The Kier molecular flexibility index (Phi) is 3.58. The lowest BCUT2D eigenvalue weighted by atomic mass is 10.1. The Labute approximate surface area is 148 Å². The molecule has 0 aliphatic carbocycles. The molecule has 8 heteroatoms. The highest BCUT2D eigenvalue weighted by Gasteiger charge is 2.20. The van der Waals surface area contributed by atoms with Crippen LogP contribution >= 0.6 is 0 Å². The summed E-state index contributed by atoms with van der Waals surface area (Å²) >= 11 is 0. The van der Waals surface area contributed by atoms with Gasteiger partial charge in [-0.1, -0.05) is 29.8 Å². The predicted molar refractivity (Wildman–Crippen MR) is 98.4 cm³/mol. The molecule has 8 nitrogen and oxygen atoms in total. The molecular weight excluding hydrogens is 334 g/mol. The van der Waals surface area contributed by atoms with Crippen molar-refractivity contribution in [3.8, 4) is 11.3 Å². The van der Waals surface area contributed by atoms with Gasteiger partial charge in [0.2, 0.25) is 5.78 Å². The molecule has 0 spiro atoms. The Morgan fingerprint density at radius 3 is 2.58 bits per heavy atom. The van der Waals surface area contributed by atoms with Crippen LogP contribution in [0.1, 0.15) is 12.5 Å². The number of imidazole rings is 2. The van der Waals surface area contributed by atoms with E-state index < -0.39 is 17.4 Å². The summed E-state index contributed by atoms with van der Waals surface area (Å²) in [6.45, 7) is 4.02. The number of aryl methyl sites for hydroxylation is 2. The van der Waals surface area contributed by atoms with Gasteiger partial charge < -0.3 is 9.67 Å². The van der Waals surface area contributed by atoms with Crippen molar-refractivity contribution < 1.29 is 5.11 Å². The van der Waals surface area contributed by atoms with Crippen LogP contribution in [0.4, 0.5) is 0 Å². The van der Waals surface area contributed by atoms with Gasteiger partial charge in [0.15, 0.2) is 11.2 Å². The first-order valence-electron chi connectivity index (χ1n) is 8.32. The minimum absolute atomic E-state index is 0.305. The number of nitrogens with zero attached hydrogens (tertiary/aromatic N) is 4. The van der Waals surface area contributed by atoms with E-state index in [1.807, 2.05) is 42.0 Å². The lowest BCUT2D eigenvalue weighted by Crippen LogP contribution is -2.28. The molecule has 0 radical (unpaired) electrons. The first-order chi connectivity index (χ1) is 12.4. The lowest BCUT2D eigenvalue weighted by Gasteiger charge is -2.11. The molecule has 1 aromatic carbocycles. The fourth-order valence-corrected chi connectivity index (χ4v) is 3.20. The second-order valence-electron chi connectivity index (χ2n) is 6.61. The number of hydrogen-bond acceptors (Lipinski definition) is 4. The van der Waals surface area contributed by atoms with Gasteiger partial charge in [-0.05, 0) is 19.4 Å². The van der Waals surface area contributed by atoms with Crippen molar-refractivity contribution in [1.82, 2.24) is 23.5 Å². The monoisotopic (exact) mass is 353 g/mol. The van der Waals surface area contributed by atoms with Gasteiger partial charge in [0, 0.05) is 13.2 Å². The summed E-state index contributed by atoms with van der Waals surface area (Å²) in [5.41, 5.74) is 2.55. The first kappa shape index (κ1) is 16.3. The van der Waals surface area contributed by atoms with E-state index in [1.54, 1.807) is 18.4 Å². The van der Waals surface area contributed by atoms with Crippen LogP contribution < -0.4 is 11.2 Å². The molecule has 4 aromatic rings. The van der Waals surface area contributed by atoms with Crippen molar-refractivity contribution in [2.24, 2.45) is 7.05 Å². The van der Waals surface area contributed by atoms with Gasteiger partial charge in [0.1, 0.15) is 0 Å². The average molecular weight is 353 g/mol. The summed E-state index contributed by atoms with van der Waals surface area (Å²) in [5, 5.41) is 9.95. The van der Waals surface area contributed by atoms with Crippen molar-refractivity contribution in [2.75, 3.05) is 0 Å². The van der Waals surface area contributed by atoms with E-state index in [4.69, 9.17) is 0 Å². The summed E-state index contributed by atoms with van der Waals surface area (Å²) in [7, 11) is 1.56. The molecule has 2 N–H and O–H groups in total. The normalized spacial score (nSPS) is 12.9. The Morgan fingerprint density at radius 1 is 1.23 bits per heavy atom. The van der Waals surface area contributed by atoms with Gasteiger partial charge in [-0.2, -0.15) is 4.98 Å². The summed E-state index contributed by atoms with van der Waals surface area (Å²) in [6.07, 6.45) is 1.22. The van der Waals surface area contributed by atoms with E-state index in [1.165, 1.54) is 4.57 Å². The Hall–Kier alpha value is -3.13. The van der Waals surface area contributed by atoms with Crippen molar-refractivity contribution in [3.05, 3.63) is 56.9 Å². The molecule has 0 aliphatic rings. The van der Waals surface area contributed by atoms with E-state index in [9.17, 15) is 14.7 Å². The maximum atomic E-state index is 12.4. The van der Waals surface area contributed by atoms with Crippen molar-refractivity contribution in [2.45, 2.75) is 26.5 Å². The third kappa shape index (κ3) is 2.38. The number of aromatic amines is 1. The highest BCUT2D eigenvalue weighted by molar-refractivity contribution is 5.78. The largest absolute Gasteiger partial charge is 0.392 e. The highest BCUT2D eigenvalue weighted by Crippen LogP contribution is 2.26. The van der Waals surface area contributed by atoms with Crippen LogP contribution in [0.15, 0.2) is 40.1 Å². The van der Waals surface area contributed by atoms with Gasteiger partial charge in [-0.15, -0.1) is 0 Å². The SMILES string of the molecule is Cc1ccc(-c2cn3c4c(=O)[nH]c(=O)n(C)c4nc3n2C[C@@H](C)O)cc1. The molecule has 0 aliphatic heterocycles. The zero-order valence-electron chi connectivity index (χ0n) is 14.7. The summed E-state index contributed by atoms with van der Waals surface area (Å²) < 4.78 is 4.84.